The lowest BCUT2D eigenvalue weighted by atomic mass is 9.76. The third-order valence-corrected chi connectivity index (χ3v) is 5.57. The zero-order chi connectivity index (χ0) is 14.3. The fraction of sp³-hybridized carbons (Fsp3) is 0.800. The Labute approximate surface area is 125 Å². The lowest BCUT2D eigenvalue weighted by Crippen LogP contribution is -2.41. The van der Waals surface area contributed by atoms with E-state index in [0.29, 0.717) is 17.6 Å². The Morgan fingerprint density at radius 1 is 1.45 bits per heavy atom. The van der Waals surface area contributed by atoms with Crippen LogP contribution in [-0.2, 0) is 11.2 Å². The molecule has 0 amide bonds. The number of nitrogens with zero attached hydrogens (tertiary/aromatic N) is 2. The summed E-state index contributed by atoms with van der Waals surface area (Å²) in [5, 5.41) is 4.65. The van der Waals surface area contributed by atoms with E-state index >= 15 is 0 Å². The first-order valence-electron chi connectivity index (χ1n) is 7.52. The Morgan fingerprint density at radius 3 is 2.95 bits per heavy atom. The highest BCUT2D eigenvalue weighted by atomic mass is 32.1. The van der Waals surface area contributed by atoms with Crippen LogP contribution in [0.15, 0.2) is 0 Å². The van der Waals surface area contributed by atoms with Crippen molar-refractivity contribution >= 4 is 16.5 Å². The number of morpholine rings is 1. The Kier molecular flexibility index (Phi) is 3.77. The number of rotatable bonds is 2. The van der Waals surface area contributed by atoms with Gasteiger partial charge in [-0.1, -0.05) is 25.2 Å². The van der Waals surface area contributed by atoms with Gasteiger partial charge in [-0.05, 0) is 32.2 Å². The molecule has 0 spiro atoms. The van der Waals surface area contributed by atoms with Gasteiger partial charge < -0.3 is 15.0 Å². The van der Waals surface area contributed by atoms with Gasteiger partial charge in [0.1, 0.15) is 0 Å². The molecule has 112 valence electrons. The van der Waals surface area contributed by atoms with E-state index in [1.807, 2.05) is 11.3 Å². The number of hydrogen-bond donors (Lipinski definition) is 1. The van der Waals surface area contributed by atoms with Crippen molar-refractivity contribution in [2.75, 3.05) is 31.6 Å². The average molecular weight is 295 g/mol. The van der Waals surface area contributed by atoms with Crippen LogP contribution in [0.2, 0.25) is 0 Å². The summed E-state index contributed by atoms with van der Waals surface area (Å²) in [7, 11) is 2.06. The molecular weight excluding hydrogens is 270 g/mol. The first kappa shape index (κ1) is 14.3. The van der Waals surface area contributed by atoms with Gasteiger partial charge in [0.25, 0.3) is 0 Å². The van der Waals surface area contributed by atoms with Gasteiger partial charge in [0.15, 0.2) is 5.13 Å². The normalized spacial score (nSPS) is 29.3. The summed E-state index contributed by atoms with van der Waals surface area (Å²) in [6.45, 7) is 9.56. The van der Waals surface area contributed by atoms with Crippen molar-refractivity contribution in [1.29, 1.82) is 0 Å². The second kappa shape index (κ2) is 5.28. The minimum absolute atomic E-state index is 0.307. The Bertz CT molecular complexity index is 485. The molecule has 20 heavy (non-hydrogen) atoms. The average Bonchev–Trinajstić information content (AvgIpc) is 2.80. The molecule has 1 aromatic heterocycles. The van der Waals surface area contributed by atoms with Crippen LogP contribution < -0.4 is 10.2 Å². The Hall–Kier alpha value is -0.650. The summed E-state index contributed by atoms with van der Waals surface area (Å²) in [5.74, 6) is 0. The van der Waals surface area contributed by atoms with Crippen molar-refractivity contribution < 1.29 is 4.74 Å². The number of anilines is 1. The predicted molar refractivity (Wildman–Crippen MR) is 83.6 cm³/mol. The van der Waals surface area contributed by atoms with Crippen LogP contribution in [-0.4, -0.2) is 37.8 Å². The molecule has 0 radical (unpaired) electrons. The van der Waals surface area contributed by atoms with Crippen LogP contribution in [0.25, 0.3) is 0 Å². The number of fused-ring (bicyclic) bond motifs is 1. The summed E-state index contributed by atoms with van der Waals surface area (Å²) in [5.41, 5.74) is 1.64. The zero-order valence-electron chi connectivity index (χ0n) is 12.9. The quantitative estimate of drug-likeness (QED) is 0.910. The molecule has 0 bridgehead atoms. The van der Waals surface area contributed by atoms with Crippen LogP contribution in [0.4, 0.5) is 5.13 Å². The standard InChI is InChI=1S/C15H25N3OS/c1-10-9-18(5-6-19-10)14-17-12-8-15(2,3)7-11(16-4)13(12)20-14/h10-11,16H,5-9H2,1-4H3. The molecule has 0 saturated carbocycles. The third kappa shape index (κ3) is 2.71. The second-order valence-electron chi connectivity index (χ2n) is 6.82. The first-order chi connectivity index (χ1) is 9.48. The van der Waals surface area contributed by atoms with Crippen LogP contribution >= 0.6 is 11.3 Å². The highest BCUT2D eigenvalue weighted by molar-refractivity contribution is 7.15. The topological polar surface area (TPSA) is 37.4 Å². The maximum atomic E-state index is 5.63. The van der Waals surface area contributed by atoms with Crippen molar-refractivity contribution in [2.45, 2.75) is 45.8 Å². The summed E-state index contributed by atoms with van der Waals surface area (Å²) < 4.78 is 5.63. The molecule has 1 N–H and O–H groups in total. The summed E-state index contributed by atoms with van der Waals surface area (Å²) in [6.07, 6.45) is 2.59. The highest BCUT2D eigenvalue weighted by Crippen LogP contribution is 2.44. The molecule has 2 heterocycles. The van der Waals surface area contributed by atoms with E-state index in [-0.39, 0.29) is 0 Å². The predicted octanol–water partition coefficient (Wildman–Crippen LogP) is 2.60. The first-order valence-corrected chi connectivity index (χ1v) is 8.33. The zero-order valence-corrected chi connectivity index (χ0v) is 13.7. The largest absolute Gasteiger partial charge is 0.375 e. The molecular formula is C15H25N3OS. The summed E-state index contributed by atoms with van der Waals surface area (Å²) in [4.78, 5) is 8.78. The number of nitrogens with one attached hydrogen (secondary N) is 1. The Morgan fingerprint density at radius 2 is 2.25 bits per heavy atom. The number of ether oxygens (including phenoxy) is 1. The molecule has 4 nitrogen and oxygen atoms in total. The van der Waals surface area contributed by atoms with Crippen molar-refractivity contribution in [3.8, 4) is 0 Å². The summed E-state index contributed by atoms with van der Waals surface area (Å²) >= 11 is 1.87. The van der Waals surface area contributed by atoms with Gasteiger partial charge in [0.05, 0.1) is 18.4 Å². The van der Waals surface area contributed by atoms with Gasteiger partial charge in [0, 0.05) is 24.0 Å². The van der Waals surface area contributed by atoms with Gasteiger partial charge in [-0.25, -0.2) is 4.98 Å². The molecule has 3 rings (SSSR count). The SMILES string of the molecule is CNC1CC(C)(C)Cc2nc(N3CCOC(C)C3)sc21. The Balaban J connectivity index is 1.87. The van der Waals surface area contributed by atoms with Crippen molar-refractivity contribution in [3.05, 3.63) is 10.6 Å². The second-order valence-corrected chi connectivity index (χ2v) is 7.83. The van der Waals surface area contributed by atoms with Gasteiger partial charge in [-0.3, -0.25) is 0 Å². The van der Waals surface area contributed by atoms with Gasteiger partial charge in [-0.15, -0.1) is 0 Å². The smallest absolute Gasteiger partial charge is 0.186 e. The van der Waals surface area contributed by atoms with Crippen molar-refractivity contribution in [1.82, 2.24) is 10.3 Å². The molecule has 2 unspecified atom stereocenters. The lowest BCUT2D eigenvalue weighted by Gasteiger charge is -2.34. The van der Waals surface area contributed by atoms with Crippen LogP contribution in [0.1, 0.15) is 43.8 Å². The van der Waals surface area contributed by atoms with Gasteiger partial charge in [-0.2, -0.15) is 0 Å². The molecule has 0 aromatic carbocycles. The number of aromatic nitrogens is 1. The maximum Gasteiger partial charge on any atom is 0.186 e. The minimum atomic E-state index is 0.307. The van der Waals surface area contributed by atoms with Crippen molar-refractivity contribution in [2.24, 2.45) is 5.41 Å². The van der Waals surface area contributed by atoms with Crippen LogP contribution in [0.5, 0.6) is 0 Å². The fourth-order valence-electron chi connectivity index (χ4n) is 3.28. The minimum Gasteiger partial charge on any atom is -0.375 e. The van der Waals surface area contributed by atoms with Gasteiger partial charge >= 0.3 is 0 Å². The fourth-order valence-corrected chi connectivity index (χ4v) is 4.51. The molecule has 5 heteroatoms. The molecule has 2 aliphatic rings. The van der Waals surface area contributed by atoms with E-state index in [9.17, 15) is 0 Å². The third-order valence-electron chi connectivity index (χ3n) is 4.30. The van der Waals surface area contributed by atoms with E-state index in [1.165, 1.54) is 22.1 Å². The molecule has 2 atom stereocenters. The highest BCUT2D eigenvalue weighted by Gasteiger charge is 2.35. The van der Waals surface area contributed by atoms with Gasteiger partial charge in [0.2, 0.25) is 0 Å². The van der Waals surface area contributed by atoms with E-state index in [2.05, 4.69) is 38.0 Å². The van der Waals surface area contributed by atoms with E-state index in [1.54, 1.807) is 0 Å². The monoisotopic (exact) mass is 295 g/mol. The molecule has 1 aliphatic heterocycles. The van der Waals surface area contributed by atoms with Crippen molar-refractivity contribution in [3.63, 3.8) is 0 Å². The number of thiazole rings is 1. The van der Waals surface area contributed by atoms with E-state index in [4.69, 9.17) is 9.72 Å². The molecule has 1 saturated heterocycles. The molecule has 1 aliphatic carbocycles. The summed E-state index contributed by atoms with van der Waals surface area (Å²) in [6, 6.07) is 0.457. The number of hydrogen-bond acceptors (Lipinski definition) is 5. The van der Waals surface area contributed by atoms with E-state index < -0.39 is 0 Å². The van der Waals surface area contributed by atoms with Crippen LogP contribution in [0, 0.1) is 5.41 Å². The van der Waals surface area contributed by atoms with Crippen LogP contribution in [0.3, 0.4) is 0 Å². The molecule has 1 aromatic rings. The maximum absolute atomic E-state index is 5.63. The molecule has 1 fully saturated rings. The lowest BCUT2D eigenvalue weighted by molar-refractivity contribution is 0.0532. The van der Waals surface area contributed by atoms with E-state index in [0.717, 1.165) is 26.1 Å².